The van der Waals surface area contributed by atoms with Crippen molar-refractivity contribution in [3.63, 3.8) is 0 Å². The summed E-state index contributed by atoms with van der Waals surface area (Å²) in [7, 11) is 0. The second-order valence-electron chi connectivity index (χ2n) is 5.09. The zero-order valence-corrected chi connectivity index (χ0v) is 12.4. The van der Waals surface area contributed by atoms with Gasteiger partial charge in [0.05, 0.1) is 6.54 Å². The Morgan fingerprint density at radius 3 is 2.57 bits per heavy atom. The van der Waals surface area contributed by atoms with Crippen LogP contribution >= 0.6 is 11.6 Å². The van der Waals surface area contributed by atoms with Gasteiger partial charge in [-0.15, -0.1) is 0 Å². The van der Waals surface area contributed by atoms with Crippen molar-refractivity contribution in [1.82, 2.24) is 4.90 Å². The minimum atomic E-state index is -0.254. The van der Waals surface area contributed by atoms with E-state index in [1.54, 1.807) is 29.2 Å². The number of nitrogens with one attached hydrogen (secondary N) is 1. The number of benzene rings is 1. The molecule has 0 radical (unpaired) electrons. The van der Waals surface area contributed by atoms with E-state index in [0.717, 1.165) is 25.7 Å². The van der Waals surface area contributed by atoms with Gasteiger partial charge >= 0.3 is 6.03 Å². The molecule has 0 spiro atoms. The third-order valence-electron chi connectivity index (χ3n) is 3.58. The van der Waals surface area contributed by atoms with Gasteiger partial charge in [-0.25, -0.2) is 4.79 Å². The first-order valence-corrected chi connectivity index (χ1v) is 7.27. The van der Waals surface area contributed by atoms with Crippen LogP contribution in [-0.4, -0.2) is 34.6 Å². The van der Waals surface area contributed by atoms with E-state index < -0.39 is 0 Å². The van der Waals surface area contributed by atoms with Crippen LogP contribution in [0.5, 0.6) is 0 Å². The predicted molar refractivity (Wildman–Crippen MR) is 82.8 cm³/mol. The molecule has 2 rings (SSSR count). The molecule has 1 aliphatic carbocycles. The lowest BCUT2D eigenvalue weighted by atomic mass is 10.2. The Labute approximate surface area is 128 Å². The molecule has 114 valence electrons. The number of carbonyl (C=O) groups is 1. The minimum Gasteiger partial charge on any atom is -0.409 e. The van der Waals surface area contributed by atoms with Gasteiger partial charge in [-0.3, -0.25) is 0 Å². The summed E-state index contributed by atoms with van der Waals surface area (Å²) in [4.78, 5) is 14.0. The quantitative estimate of drug-likeness (QED) is 0.345. The van der Waals surface area contributed by atoms with Crippen molar-refractivity contribution in [3.8, 4) is 0 Å². The molecule has 6 nitrogen and oxygen atoms in total. The molecule has 0 bridgehead atoms. The number of halogens is 1. The molecular formula is C14H19ClN4O2. The fourth-order valence-corrected chi connectivity index (χ4v) is 2.64. The molecule has 0 heterocycles. The molecule has 0 aliphatic heterocycles. The molecule has 0 saturated heterocycles. The normalized spacial score (nSPS) is 16.0. The summed E-state index contributed by atoms with van der Waals surface area (Å²) in [5.41, 5.74) is 6.21. The fourth-order valence-electron chi connectivity index (χ4n) is 2.52. The van der Waals surface area contributed by atoms with Gasteiger partial charge < -0.3 is 21.2 Å². The van der Waals surface area contributed by atoms with Gasteiger partial charge in [0, 0.05) is 16.8 Å². The Kier molecular flexibility index (Phi) is 5.27. The van der Waals surface area contributed by atoms with Crippen molar-refractivity contribution in [3.05, 3.63) is 29.3 Å². The molecule has 0 unspecified atom stereocenters. The van der Waals surface area contributed by atoms with E-state index in [2.05, 4.69) is 10.5 Å². The van der Waals surface area contributed by atoms with Crippen molar-refractivity contribution in [1.29, 1.82) is 0 Å². The van der Waals surface area contributed by atoms with Crippen LogP contribution < -0.4 is 11.1 Å². The molecule has 1 aromatic rings. The molecule has 1 aliphatic rings. The molecule has 2 amide bonds. The smallest absolute Gasteiger partial charge is 0.322 e. The maximum absolute atomic E-state index is 12.4. The molecule has 4 N–H and O–H groups in total. The first-order valence-electron chi connectivity index (χ1n) is 6.89. The van der Waals surface area contributed by atoms with Gasteiger partial charge in [0.25, 0.3) is 0 Å². The number of rotatable bonds is 4. The number of nitrogens with zero attached hydrogens (tertiary/aromatic N) is 2. The zero-order chi connectivity index (χ0) is 15.2. The van der Waals surface area contributed by atoms with E-state index in [4.69, 9.17) is 22.5 Å². The van der Waals surface area contributed by atoms with Crippen LogP contribution in [0.15, 0.2) is 29.4 Å². The number of hydrogen-bond acceptors (Lipinski definition) is 3. The highest BCUT2D eigenvalue weighted by Gasteiger charge is 2.27. The topological polar surface area (TPSA) is 91.0 Å². The summed E-state index contributed by atoms with van der Waals surface area (Å²) in [6, 6.07) is 6.75. The van der Waals surface area contributed by atoms with Gasteiger partial charge in [-0.05, 0) is 37.1 Å². The van der Waals surface area contributed by atoms with Crippen molar-refractivity contribution < 1.29 is 10.0 Å². The second kappa shape index (κ2) is 7.17. The van der Waals surface area contributed by atoms with Crippen molar-refractivity contribution in [2.75, 3.05) is 11.9 Å². The summed E-state index contributed by atoms with van der Waals surface area (Å²) < 4.78 is 0. The first kappa shape index (κ1) is 15.4. The number of hydrogen-bond donors (Lipinski definition) is 3. The summed E-state index contributed by atoms with van der Waals surface area (Å²) in [6.07, 6.45) is 4.05. The van der Waals surface area contributed by atoms with E-state index in [1.807, 2.05) is 0 Å². The van der Waals surface area contributed by atoms with Crippen LogP contribution in [0.3, 0.4) is 0 Å². The number of anilines is 1. The lowest BCUT2D eigenvalue weighted by Crippen LogP contribution is -2.46. The van der Waals surface area contributed by atoms with Gasteiger partial charge in [0.1, 0.15) is 0 Å². The Morgan fingerprint density at radius 1 is 1.38 bits per heavy atom. The van der Waals surface area contributed by atoms with Gasteiger partial charge in [0.15, 0.2) is 5.84 Å². The van der Waals surface area contributed by atoms with Gasteiger partial charge in [0.2, 0.25) is 0 Å². The Morgan fingerprint density at radius 2 is 2.00 bits per heavy atom. The highest BCUT2D eigenvalue weighted by molar-refractivity contribution is 6.30. The standard InChI is InChI=1S/C14H19ClN4O2/c15-10-5-7-11(8-6-10)17-14(20)19(9-13(16)18-21)12-3-1-2-4-12/h5-8,12,21H,1-4,9H2,(H2,16,18)(H,17,20). The lowest BCUT2D eigenvalue weighted by molar-refractivity contribution is 0.197. The molecule has 0 atom stereocenters. The molecule has 1 fully saturated rings. The molecule has 7 heteroatoms. The highest BCUT2D eigenvalue weighted by atomic mass is 35.5. The van der Waals surface area contributed by atoms with E-state index in [9.17, 15) is 4.79 Å². The number of amidine groups is 1. The van der Waals surface area contributed by atoms with Crippen LogP contribution in [0.1, 0.15) is 25.7 Å². The largest absolute Gasteiger partial charge is 0.409 e. The van der Waals surface area contributed by atoms with E-state index >= 15 is 0 Å². The van der Waals surface area contributed by atoms with Crippen molar-refractivity contribution in [2.24, 2.45) is 10.9 Å². The third kappa shape index (κ3) is 4.26. The van der Waals surface area contributed by atoms with E-state index in [-0.39, 0.29) is 24.5 Å². The first-order chi connectivity index (χ1) is 10.1. The predicted octanol–water partition coefficient (Wildman–Crippen LogP) is 2.86. The number of urea groups is 1. The van der Waals surface area contributed by atoms with Crippen molar-refractivity contribution >= 4 is 29.2 Å². The SMILES string of the molecule is NC(CN(C(=O)Nc1ccc(Cl)cc1)C1CCCC1)=NO. The van der Waals surface area contributed by atoms with Gasteiger partial charge in [-0.1, -0.05) is 29.6 Å². The van der Waals surface area contributed by atoms with Crippen LogP contribution in [0.25, 0.3) is 0 Å². The minimum absolute atomic E-state index is 0.0214. The Bertz CT molecular complexity index is 512. The molecule has 1 aromatic carbocycles. The number of oxime groups is 1. The lowest BCUT2D eigenvalue weighted by Gasteiger charge is -2.28. The number of carbonyl (C=O) groups excluding carboxylic acids is 1. The van der Waals surface area contributed by atoms with Crippen LogP contribution in [-0.2, 0) is 0 Å². The zero-order valence-electron chi connectivity index (χ0n) is 11.6. The van der Waals surface area contributed by atoms with Crippen LogP contribution in [0, 0.1) is 0 Å². The maximum Gasteiger partial charge on any atom is 0.322 e. The Hall–Kier alpha value is -1.95. The fraction of sp³-hybridized carbons (Fsp3) is 0.429. The average Bonchev–Trinajstić information content (AvgIpc) is 3.00. The summed E-state index contributed by atoms with van der Waals surface area (Å²) >= 11 is 5.82. The summed E-state index contributed by atoms with van der Waals surface area (Å²) in [5.74, 6) is 0.0214. The third-order valence-corrected chi connectivity index (χ3v) is 3.83. The van der Waals surface area contributed by atoms with Gasteiger partial charge in [-0.2, -0.15) is 0 Å². The molecular weight excluding hydrogens is 292 g/mol. The average molecular weight is 311 g/mol. The summed E-state index contributed by atoms with van der Waals surface area (Å²) in [6.45, 7) is 0.112. The van der Waals surface area contributed by atoms with Crippen LogP contribution in [0.2, 0.25) is 5.02 Å². The number of nitrogens with two attached hydrogens (primary N) is 1. The highest BCUT2D eigenvalue weighted by Crippen LogP contribution is 2.24. The monoisotopic (exact) mass is 310 g/mol. The second-order valence-corrected chi connectivity index (χ2v) is 5.53. The van der Waals surface area contributed by atoms with Crippen molar-refractivity contribution in [2.45, 2.75) is 31.7 Å². The van der Waals surface area contributed by atoms with Crippen LogP contribution in [0.4, 0.5) is 10.5 Å². The van der Waals surface area contributed by atoms with E-state index in [0.29, 0.717) is 10.7 Å². The Balaban J connectivity index is 2.07. The number of amides is 2. The summed E-state index contributed by atoms with van der Waals surface area (Å²) in [5, 5.41) is 15.1. The van der Waals surface area contributed by atoms with E-state index in [1.165, 1.54) is 0 Å². The molecule has 21 heavy (non-hydrogen) atoms. The molecule has 1 saturated carbocycles. The maximum atomic E-state index is 12.4. The molecule has 0 aromatic heterocycles.